The summed E-state index contributed by atoms with van der Waals surface area (Å²) >= 11 is 5.86. The molecule has 0 bridgehead atoms. The summed E-state index contributed by atoms with van der Waals surface area (Å²) in [5, 5.41) is 17.2. The highest BCUT2D eigenvalue weighted by Gasteiger charge is 2.24. The molecule has 0 radical (unpaired) electrons. The van der Waals surface area contributed by atoms with E-state index in [0.717, 1.165) is 0 Å². The van der Waals surface area contributed by atoms with E-state index < -0.39 is 33.4 Å². The van der Waals surface area contributed by atoms with Crippen LogP contribution in [0.1, 0.15) is 5.69 Å². The van der Waals surface area contributed by atoms with E-state index in [9.17, 15) is 23.7 Å². The second-order valence-electron chi connectivity index (χ2n) is 5.44. The molecule has 0 saturated carbocycles. The molecular weight excluding hydrogens is 368 g/mol. The molecule has 0 aliphatic carbocycles. The number of non-ortho nitro benzene ring substituents is 1. The Kier molecular flexibility index (Phi) is 4.52. The number of H-pyrrole nitrogens is 1. The zero-order chi connectivity index (χ0) is 19.0. The van der Waals surface area contributed by atoms with Gasteiger partial charge in [0.15, 0.2) is 0 Å². The number of nitro groups is 1. The van der Waals surface area contributed by atoms with Crippen LogP contribution < -0.4 is 5.56 Å². The molecule has 132 valence electrons. The molecule has 6 nitrogen and oxygen atoms in total. The Balaban J connectivity index is 2.37. The lowest BCUT2D eigenvalue weighted by atomic mass is 9.94. The van der Waals surface area contributed by atoms with Crippen LogP contribution in [0.2, 0.25) is 5.02 Å². The second-order valence-corrected chi connectivity index (χ2v) is 5.87. The molecule has 0 unspecified atom stereocenters. The third-order valence-corrected chi connectivity index (χ3v) is 4.04. The fourth-order valence-electron chi connectivity index (χ4n) is 2.65. The molecule has 2 aromatic carbocycles. The fraction of sp³-hybridized carbons (Fsp3) is 0.0588. The lowest BCUT2D eigenvalue weighted by molar-refractivity contribution is -0.385. The first kappa shape index (κ1) is 17.7. The zero-order valence-corrected chi connectivity index (χ0v) is 14.0. The number of benzene rings is 2. The van der Waals surface area contributed by atoms with Gasteiger partial charge in [-0.2, -0.15) is 5.10 Å². The van der Waals surface area contributed by atoms with E-state index in [4.69, 9.17) is 11.6 Å². The van der Waals surface area contributed by atoms with Crippen molar-refractivity contribution in [1.29, 1.82) is 0 Å². The molecule has 3 rings (SSSR count). The monoisotopic (exact) mass is 377 g/mol. The summed E-state index contributed by atoms with van der Waals surface area (Å²) in [5.41, 5.74) is -1.54. The molecule has 9 heteroatoms. The number of aryl methyl sites for hydroxylation is 1. The van der Waals surface area contributed by atoms with Crippen LogP contribution in [0.25, 0.3) is 22.3 Å². The molecule has 1 N–H and O–H groups in total. The highest BCUT2D eigenvalue weighted by molar-refractivity contribution is 6.30. The molecule has 26 heavy (non-hydrogen) atoms. The number of nitro benzene ring substituents is 1. The van der Waals surface area contributed by atoms with Gasteiger partial charge in [-0.15, -0.1) is 0 Å². The second kappa shape index (κ2) is 6.64. The van der Waals surface area contributed by atoms with E-state index in [1.165, 1.54) is 0 Å². The smallest absolute Gasteiger partial charge is 0.267 e. The van der Waals surface area contributed by atoms with Gasteiger partial charge in [0.25, 0.3) is 11.2 Å². The molecule has 0 amide bonds. The zero-order valence-electron chi connectivity index (χ0n) is 13.2. The number of aromatic amines is 1. The van der Waals surface area contributed by atoms with Crippen molar-refractivity contribution in [1.82, 2.24) is 10.2 Å². The van der Waals surface area contributed by atoms with Crippen LogP contribution >= 0.6 is 11.6 Å². The number of nitrogens with one attached hydrogen (secondary N) is 1. The van der Waals surface area contributed by atoms with Gasteiger partial charge in [-0.25, -0.2) is 13.9 Å². The van der Waals surface area contributed by atoms with Gasteiger partial charge >= 0.3 is 0 Å². The van der Waals surface area contributed by atoms with Crippen molar-refractivity contribution < 1.29 is 13.7 Å². The van der Waals surface area contributed by atoms with Crippen molar-refractivity contribution >= 4 is 17.3 Å². The first-order chi connectivity index (χ1) is 12.3. The molecule has 3 aromatic rings. The van der Waals surface area contributed by atoms with Crippen LogP contribution in [-0.2, 0) is 0 Å². The van der Waals surface area contributed by atoms with Crippen LogP contribution in [0.4, 0.5) is 14.5 Å². The molecule has 0 spiro atoms. The van der Waals surface area contributed by atoms with Crippen molar-refractivity contribution in [3.63, 3.8) is 0 Å². The maximum atomic E-state index is 14.5. The van der Waals surface area contributed by atoms with Gasteiger partial charge in [0.2, 0.25) is 0 Å². The van der Waals surface area contributed by atoms with E-state index in [2.05, 4.69) is 10.2 Å². The summed E-state index contributed by atoms with van der Waals surface area (Å²) in [6, 6.07) is 7.42. The Bertz CT molecular complexity index is 1060. The third kappa shape index (κ3) is 3.06. The number of hydrogen-bond acceptors (Lipinski definition) is 4. The summed E-state index contributed by atoms with van der Waals surface area (Å²) in [6.07, 6.45) is 0. The summed E-state index contributed by atoms with van der Waals surface area (Å²) in [5.74, 6) is -2.44. The topological polar surface area (TPSA) is 88.9 Å². The average molecular weight is 378 g/mol. The predicted octanol–water partition coefficient (Wildman–Crippen LogP) is 4.25. The van der Waals surface area contributed by atoms with Crippen molar-refractivity contribution in [2.45, 2.75) is 6.92 Å². The lowest BCUT2D eigenvalue weighted by Crippen LogP contribution is -2.16. The fourth-order valence-corrected chi connectivity index (χ4v) is 2.78. The Morgan fingerprint density at radius 3 is 2.19 bits per heavy atom. The molecule has 1 heterocycles. The van der Waals surface area contributed by atoms with Crippen LogP contribution in [0.5, 0.6) is 0 Å². The number of nitrogens with zero attached hydrogens (tertiary/aromatic N) is 2. The van der Waals surface area contributed by atoms with Crippen LogP contribution in [0.3, 0.4) is 0 Å². The highest BCUT2D eigenvalue weighted by atomic mass is 35.5. The van der Waals surface area contributed by atoms with E-state index in [-0.39, 0.29) is 11.1 Å². The van der Waals surface area contributed by atoms with Gasteiger partial charge in [0.1, 0.15) is 11.6 Å². The molecule has 0 aliphatic rings. The number of aromatic nitrogens is 2. The van der Waals surface area contributed by atoms with Gasteiger partial charge in [0, 0.05) is 10.6 Å². The molecular formula is C17H10ClF2N3O3. The van der Waals surface area contributed by atoms with Crippen molar-refractivity contribution in [2.75, 3.05) is 0 Å². The SMILES string of the molecule is Cc1n[nH]c(=O)c(-c2c(F)cc([N+](=O)[O-])cc2F)c1-c1ccc(Cl)cc1. The predicted molar refractivity (Wildman–Crippen MR) is 92.0 cm³/mol. The highest BCUT2D eigenvalue weighted by Crippen LogP contribution is 2.35. The Labute approximate surface area is 150 Å². The van der Waals surface area contributed by atoms with Gasteiger partial charge in [-0.3, -0.25) is 14.9 Å². The Hall–Kier alpha value is -3.13. The summed E-state index contributed by atoms with van der Waals surface area (Å²) in [7, 11) is 0. The molecule has 0 saturated heterocycles. The minimum atomic E-state index is -1.22. The quantitative estimate of drug-likeness (QED) is 0.545. The van der Waals surface area contributed by atoms with Gasteiger partial charge < -0.3 is 0 Å². The number of hydrogen-bond donors (Lipinski definition) is 1. The maximum absolute atomic E-state index is 14.5. The summed E-state index contributed by atoms with van der Waals surface area (Å²) in [6.45, 7) is 1.56. The van der Waals surface area contributed by atoms with Gasteiger partial charge in [-0.05, 0) is 24.6 Å². The number of halogens is 3. The van der Waals surface area contributed by atoms with Crippen LogP contribution in [-0.4, -0.2) is 15.1 Å². The Morgan fingerprint density at radius 2 is 1.65 bits per heavy atom. The van der Waals surface area contributed by atoms with Crippen LogP contribution in [0.15, 0.2) is 41.2 Å². The third-order valence-electron chi connectivity index (χ3n) is 3.78. The van der Waals surface area contributed by atoms with Crippen LogP contribution in [0, 0.1) is 28.7 Å². The van der Waals surface area contributed by atoms with E-state index >= 15 is 0 Å². The Morgan fingerprint density at radius 1 is 1.08 bits per heavy atom. The lowest BCUT2D eigenvalue weighted by Gasteiger charge is -2.13. The maximum Gasteiger partial charge on any atom is 0.275 e. The first-order valence-electron chi connectivity index (χ1n) is 7.28. The minimum Gasteiger partial charge on any atom is -0.267 e. The largest absolute Gasteiger partial charge is 0.275 e. The molecule has 0 aliphatic heterocycles. The average Bonchev–Trinajstić information content (AvgIpc) is 2.58. The van der Waals surface area contributed by atoms with Crippen molar-refractivity contribution in [3.05, 3.63) is 79.2 Å². The standard InChI is InChI=1S/C17H10ClF2N3O3/c1-8-14(9-2-4-10(18)5-3-9)16(17(24)22-21-8)15-12(19)6-11(23(25)26)7-13(15)20/h2-7H,1H3,(H,22,24). The van der Waals surface area contributed by atoms with E-state index in [1.807, 2.05) is 0 Å². The summed E-state index contributed by atoms with van der Waals surface area (Å²) in [4.78, 5) is 22.2. The van der Waals surface area contributed by atoms with E-state index in [0.29, 0.717) is 28.4 Å². The molecule has 0 atom stereocenters. The number of rotatable bonds is 3. The van der Waals surface area contributed by atoms with Gasteiger partial charge in [0.05, 0.1) is 33.9 Å². The first-order valence-corrected chi connectivity index (χ1v) is 7.66. The summed E-state index contributed by atoms with van der Waals surface area (Å²) < 4.78 is 29.0. The minimum absolute atomic E-state index is 0.206. The van der Waals surface area contributed by atoms with E-state index in [1.54, 1.807) is 31.2 Å². The van der Waals surface area contributed by atoms with Crippen molar-refractivity contribution in [2.24, 2.45) is 0 Å². The van der Waals surface area contributed by atoms with Crippen molar-refractivity contribution in [3.8, 4) is 22.3 Å². The molecule has 1 aromatic heterocycles. The molecule has 0 fully saturated rings. The normalized spacial score (nSPS) is 10.8. The van der Waals surface area contributed by atoms with Gasteiger partial charge in [-0.1, -0.05) is 23.7 Å².